The molecule has 2 N–H and O–H groups in total. The van der Waals surface area contributed by atoms with Gasteiger partial charge in [0.25, 0.3) is 0 Å². The molecule has 2 saturated carbocycles. The number of rotatable bonds is 5. The van der Waals surface area contributed by atoms with Gasteiger partial charge in [0.1, 0.15) is 0 Å². The molecule has 0 amide bonds. The first kappa shape index (κ1) is 15.5. The van der Waals surface area contributed by atoms with Crippen LogP contribution in [0.5, 0.6) is 0 Å². The van der Waals surface area contributed by atoms with Crippen molar-refractivity contribution in [1.29, 1.82) is 0 Å². The molecule has 3 rings (SSSR count). The van der Waals surface area contributed by atoms with Gasteiger partial charge in [-0.25, -0.2) is 0 Å². The maximum Gasteiger partial charge on any atom is 0.0493 e. The summed E-state index contributed by atoms with van der Waals surface area (Å²) in [6.45, 7) is 3.33. The second kappa shape index (κ2) is 6.39. The summed E-state index contributed by atoms with van der Waals surface area (Å²) in [6.07, 6.45) is 5.87. The van der Waals surface area contributed by atoms with Crippen LogP contribution in [0.1, 0.15) is 44.2 Å². The van der Waals surface area contributed by atoms with E-state index >= 15 is 0 Å². The van der Waals surface area contributed by atoms with Gasteiger partial charge >= 0.3 is 0 Å². The molecule has 0 spiro atoms. The molecule has 0 aliphatic heterocycles. The number of nitrogens with zero attached hydrogens (tertiary/aromatic N) is 1. The van der Waals surface area contributed by atoms with E-state index in [1.807, 2.05) is 0 Å². The van der Waals surface area contributed by atoms with Gasteiger partial charge in [-0.05, 0) is 68.7 Å². The van der Waals surface area contributed by atoms with E-state index in [4.69, 9.17) is 5.73 Å². The second-order valence-corrected chi connectivity index (χ2v) is 8.15. The van der Waals surface area contributed by atoms with Crippen LogP contribution in [0.15, 0.2) is 28.7 Å². The number of benzene rings is 1. The normalized spacial score (nSPS) is 30.8. The van der Waals surface area contributed by atoms with Gasteiger partial charge in [0.15, 0.2) is 0 Å². The Labute approximate surface area is 137 Å². The Hall–Kier alpha value is -0.380. The van der Waals surface area contributed by atoms with Crippen LogP contribution in [0.2, 0.25) is 0 Å². The molecule has 0 aromatic heterocycles. The largest absolute Gasteiger partial charge is 0.326 e. The van der Waals surface area contributed by atoms with Crippen LogP contribution >= 0.6 is 15.9 Å². The first-order valence-electron chi connectivity index (χ1n) is 8.26. The Morgan fingerprint density at radius 1 is 1.24 bits per heavy atom. The molecule has 1 aromatic rings. The molecule has 2 aliphatic rings. The fourth-order valence-corrected chi connectivity index (χ4v) is 4.97. The number of halogens is 1. The zero-order valence-electron chi connectivity index (χ0n) is 13.1. The molecule has 0 radical (unpaired) electrons. The van der Waals surface area contributed by atoms with Crippen molar-refractivity contribution >= 4 is 15.9 Å². The van der Waals surface area contributed by atoms with Gasteiger partial charge in [-0.15, -0.1) is 0 Å². The molecular formula is C18H27BrN2. The van der Waals surface area contributed by atoms with Gasteiger partial charge in [-0.1, -0.05) is 34.5 Å². The lowest BCUT2D eigenvalue weighted by atomic mass is 9.87. The van der Waals surface area contributed by atoms with Crippen molar-refractivity contribution in [1.82, 2.24) is 4.90 Å². The van der Waals surface area contributed by atoms with Crippen molar-refractivity contribution < 1.29 is 0 Å². The summed E-state index contributed by atoms with van der Waals surface area (Å²) in [5, 5.41) is 0. The average Bonchev–Trinajstić information content (AvgIpc) is 3.03. The van der Waals surface area contributed by atoms with E-state index in [-0.39, 0.29) is 6.04 Å². The number of nitrogens with two attached hydrogens (primary N) is 1. The Kier molecular flexibility index (Phi) is 4.72. The Balaban J connectivity index is 1.70. The summed E-state index contributed by atoms with van der Waals surface area (Å²) in [7, 11) is 2.25. The van der Waals surface area contributed by atoms with Gasteiger partial charge in [0, 0.05) is 23.1 Å². The molecule has 0 saturated heterocycles. The van der Waals surface area contributed by atoms with Crippen LogP contribution in [0, 0.1) is 17.8 Å². The fourth-order valence-electron chi connectivity index (χ4n) is 4.70. The third kappa shape index (κ3) is 3.35. The lowest BCUT2D eigenvalue weighted by molar-refractivity contribution is 0.158. The van der Waals surface area contributed by atoms with E-state index in [0.717, 1.165) is 22.2 Å². The summed E-state index contributed by atoms with van der Waals surface area (Å²) in [5.74, 6) is 2.90. The smallest absolute Gasteiger partial charge is 0.0493 e. The fraction of sp³-hybridized carbons (Fsp3) is 0.667. The van der Waals surface area contributed by atoms with Crippen LogP contribution in [-0.4, -0.2) is 24.5 Å². The van der Waals surface area contributed by atoms with Crippen LogP contribution in [0.3, 0.4) is 0 Å². The minimum absolute atomic E-state index is 0.148. The Morgan fingerprint density at radius 2 is 1.95 bits per heavy atom. The maximum atomic E-state index is 6.30. The predicted molar refractivity (Wildman–Crippen MR) is 92.1 cm³/mol. The maximum absolute atomic E-state index is 6.30. The monoisotopic (exact) mass is 350 g/mol. The van der Waals surface area contributed by atoms with E-state index in [0.29, 0.717) is 6.04 Å². The molecule has 1 aromatic carbocycles. The van der Waals surface area contributed by atoms with Gasteiger partial charge < -0.3 is 5.73 Å². The van der Waals surface area contributed by atoms with Crippen LogP contribution < -0.4 is 5.73 Å². The SMILES string of the molecule is CC(N)C(c1ccc(Br)cc1)N(C)CC1CC2CCC1C2. The van der Waals surface area contributed by atoms with Crippen molar-refractivity contribution in [3.8, 4) is 0 Å². The Bertz CT molecular complexity index is 471. The van der Waals surface area contributed by atoms with E-state index in [1.165, 1.54) is 37.8 Å². The molecule has 3 heteroatoms. The summed E-state index contributed by atoms with van der Waals surface area (Å²) in [5.41, 5.74) is 7.64. The van der Waals surface area contributed by atoms with Gasteiger partial charge in [-0.2, -0.15) is 0 Å². The molecule has 0 heterocycles. The molecule has 2 bridgehead atoms. The second-order valence-electron chi connectivity index (χ2n) is 7.23. The van der Waals surface area contributed by atoms with Gasteiger partial charge in [0.05, 0.1) is 0 Å². The number of likely N-dealkylation sites (N-methyl/N-ethyl adjacent to an activating group) is 1. The molecule has 5 unspecified atom stereocenters. The zero-order valence-corrected chi connectivity index (χ0v) is 14.7. The average molecular weight is 351 g/mol. The third-order valence-corrected chi connectivity index (χ3v) is 6.12. The van der Waals surface area contributed by atoms with E-state index < -0.39 is 0 Å². The molecular weight excluding hydrogens is 324 g/mol. The van der Waals surface area contributed by atoms with Crippen molar-refractivity contribution in [3.63, 3.8) is 0 Å². The highest BCUT2D eigenvalue weighted by atomic mass is 79.9. The summed E-state index contributed by atoms with van der Waals surface area (Å²) in [6, 6.07) is 9.11. The number of fused-ring (bicyclic) bond motifs is 2. The first-order valence-corrected chi connectivity index (χ1v) is 9.05. The van der Waals surface area contributed by atoms with Crippen LogP contribution in [0.25, 0.3) is 0 Å². The Morgan fingerprint density at radius 3 is 2.48 bits per heavy atom. The molecule has 5 atom stereocenters. The number of hydrogen-bond acceptors (Lipinski definition) is 2. The molecule has 2 aliphatic carbocycles. The van der Waals surface area contributed by atoms with Crippen LogP contribution in [0.4, 0.5) is 0 Å². The standard InChI is InChI=1S/C18H27BrN2/c1-12(20)18(14-5-7-17(19)8-6-14)21(2)11-16-10-13-3-4-15(16)9-13/h5-8,12-13,15-16,18H,3-4,9-11,20H2,1-2H3. The van der Waals surface area contributed by atoms with E-state index in [2.05, 4.69) is 59.1 Å². The minimum atomic E-state index is 0.148. The molecule has 21 heavy (non-hydrogen) atoms. The molecule has 116 valence electrons. The predicted octanol–water partition coefficient (Wildman–Crippen LogP) is 4.21. The van der Waals surface area contributed by atoms with Crippen molar-refractivity contribution in [2.45, 2.75) is 44.7 Å². The molecule has 2 nitrogen and oxygen atoms in total. The van der Waals surface area contributed by atoms with Gasteiger partial charge in [-0.3, -0.25) is 4.90 Å². The topological polar surface area (TPSA) is 29.3 Å². The van der Waals surface area contributed by atoms with E-state index in [9.17, 15) is 0 Å². The van der Waals surface area contributed by atoms with E-state index in [1.54, 1.807) is 0 Å². The summed E-state index contributed by atoms with van der Waals surface area (Å²) >= 11 is 3.52. The van der Waals surface area contributed by atoms with Crippen LogP contribution in [-0.2, 0) is 0 Å². The highest BCUT2D eigenvalue weighted by Gasteiger charge is 2.40. The van der Waals surface area contributed by atoms with Crippen molar-refractivity contribution in [2.24, 2.45) is 23.5 Å². The van der Waals surface area contributed by atoms with Gasteiger partial charge in [0.2, 0.25) is 0 Å². The highest BCUT2D eigenvalue weighted by Crippen LogP contribution is 2.48. The van der Waals surface area contributed by atoms with Crippen molar-refractivity contribution in [3.05, 3.63) is 34.3 Å². The van der Waals surface area contributed by atoms with Crippen molar-refractivity contribution in [2.75, 3.05) is 13.6 Å². The third-order valence-electron chi connectivity index (χ3n) is 5.59. The summed E-state index contributed by atoms with van der Waals surface area (Å²) < 4.78 is 1.13. The first-order chi connectivity index (χ1) is 10.0. The lowest BCUT2D eigenvalue weighted by Gasteiger charge is -2.35. The summed E-state index contributed by atoms with van der Waals surface area (Å²) in [4.78, 5) is 2.50. The number of hydrogen-bond donors (Lipinski definition) is 1. The zero-order chi connectivity index (χ0) is 15.0. The minimum Gasteiger partial charge on any atom is -0.326 e. The molecule has 2 fully saturated rings. The quantitative estimate of drug-likeness (QED) is 0.861. The lowest BCUT2D eigenvalue weighted by Crippen LogP contribution is -2.40. The highest BCUT2D eigenvalue weighted by molar-refractivity contribution is 9.10.